The van der Waals surface area contributed by atoms with Crippen molar-refractivity contribution in [1.82, 2.24) is 4.98 Å². The summed E-state index contributed by atoms with van der Waals surface area (Å²) in [6, 6.07) is 3.60. The van der Waals surface area contributed by atoms with Crippen molar-refractivity contribution in [2.75, 3.05) is 23.7 Å². The lowest BCUT2D eigenvalue weighted by atomic mass is 10.1. The number of rotatable bonds is 2. The Balaban J connectivity index is 2.23. The predicted octanol–water partition coefficient (Wildman–Crippen LogP) is 1.51. The molecule has 0 aromatic carbocycles. The summed E-state index contributed by atoms with van der Waals surface area (Å²) in [5.74, 6) is 2.08. The Morgan fingerprint density at radius 1 is 1.61 bits per heavy atom. The Kier molecular flexibility index (Phi) is 3.65. The van der Waals surface area contributed by atoms with Gasteiger partial charge < -0.3 is 15.8 Å². The van der Waals surface area contributed by atoms with Crippen molar-refractivity contribution in [2.24, 2.45) is 10.9 Å². The van der Waals surface area contributed by atoms with Gasteiger partial charge in [0.05, 0.1) is 0 Å². The molecule has 2 rings (SSSR count). The fourth-order valence-corrected chi connectivity index (χ4v) is 3.13. The number of nitrogens with two attached hydrogens (primary N) is 1. The molecular weight excluding hydrogens is 248 g/mol. The third kappa shape index (κ3) is 2.87. The minimum absolute atomic E-state index is 0.115. The summed E-state index contributed by atoms with van der Waals surface area (Å²) in [6.45, 7) is 6.39. The largest absolute Gasteiger partial charge is 0.409 e. The van der Waals surface area contributed by atoms with E-state index >= 15 is 0 Å². The number of nitrogens with zero attached hydrogens (tertiary/aromatic N) is 3. The van der Waals surface area contributed by atoms with Gasteiger partial charge in [0.1, 0.15) is 5.82 Å². The molecule has 0 amide bonds. The average Bonchev–Trinajstić information content (AvgIpc) is 2.37. The maximum absolute atomic E-state index is 8.70. The van der Waals surface area contributed by atoms with Gasteiger partial charge in [-0.1, -0.05) is 5.16 Å². The first kappa shape index (κ1) is 13.0. The standard InChI is InChI=1S/C12H18N4OS/c1-12(2)8-16(5-6-18-12)10-7-9(3-4-14-10)11(13)15-17/h3-4,7,17H,5-6,8H2,1-2H3,(H2,13,15). The topological polar surface area (TPSA) is 74.7 Å². The highest BCUT2D eigenvalue weighted by Crippen LogP contribution is 2.31. The van der Waals surface area contributed by atoms with E-state index in [0.29, 0.717) is 5.56 Å². The molecule has 1 aliphatic rings. The highest BCUT2D eigenvalue weighted by molar-refractivity contribution is 8.00. The summed E-state index contributed by atoms with van der Waals surface area (Å²) < 4.78 is 0.229. The molecule has 1 aromatic rings. The first-order valence-corrected chi connectivity index (χ1v) is 6.83. The maximum atomic E-state index is 8.70. The third-order valence-corrected chi connectivity index (χ3v) is 4.20. The summed E-state index contributed by atoms with van der Waals surface area (Å²) >= 11 is 1.98. The van der Waals surface area contributed by atoms with Gasteiger partial charge in [-0.25, -0.2) is 4.98 Å². The van der Waals surface area contributed by atoms with E-state index in [-0.39, 0.29) is 10.6 Å². The van der Waals surface area contributed by atoms with Crippen LogP contribution in [0.25, 0.3) is 0 Å². The lowest BCUT2D eigenvalue weighted by Crippen LogP contribution is -2.43. The van der Waals surface area contributed by atoms with Gasteiger partial charge in [-0.2, -0.15) is 11.8 Å². The zero-order valence-electron chi connectivity index (χ0n) is 10.6. The summed E-state index contributed by atoms with van der Waals surface area (Å²) in [6.07, 6.45) is 1.69. The number of hydrogen-bond acceptors (Lipinski definition) is 5. The molecule has 6 heteroatoms. The molecule has 0 bridgehead atoms. The van der Waals surface area contributed by atoms with Gasteiger partial charge in [0.25, 0.3) is 0 Å². The van der Waals surface area contributed by atoms with Crippen LogP contribution < -0.4 is 10.6 Å². The molecule has 0 saturated carbocycles. The first-order chi connectivity index (χ1) is 8.52. The van der Waals surface area contributed by atoms with E-state index in [4.69, 9.17) is 10.9 Å². The molecule has 0 aliphatic carbocycles. The van der Waals surface area contributed by atoms with E-state index in [0.717, 1.165) is 24.7 Å². The van der Waals surface area contributed by atoms with Crippen LogP contribution in [0.5, 0.6) is 0 Å². The Bertz CT molecular complexity index is 461. The van der Waals surface area contributed by atoms with Crippen molar-refractivity contribution in [3.63, 3.8) is 0 Å². The number of amidine groups is 1. The predicted molar refractivity (Wildman–Crippen MR) is 75.5 cm³/mol. The second-order valence-electron chi connectivity index (χ2n) is 4.92. The van der Waals surface area contributed by atoms with E-state index in [9.17, 15) is 0 Å². The van der Waals surface area contributed by atoms with Crippen LogP contribution in [0.15, 0.2) is 23.5 Å². The van der Waals surface area contributed by atoms with Crippen LogP contribution in [0.3, 0.4) is 0 Å². The van der Waals surface area contributed by atoms with Crippen molar-refractivity contribution >= 4 is 23.4 Å². The third-order valence-electron chi connectivity index (χ3n) is 2.90. The molecule has 98 valence electrons. The lowest BCUT2D eigenvalue weighted by molar-refractivity contribution is 0.318. The summed E-state index contributed by atoms with van der Waals surface area (Å²) in [4.78, 5) is 6.61. The van der Waals surface area contributed by atoms with Gasteiger partial charge in [0.15, 0.2) is 5.84 Å². The molecule has 3 N–H and O–H groups in total. The Labute approximate surface area is 111 Å². The molecule has 5 nitrogen and oxygen atoms in total. The summed E-state index contributed by atoms with van der Waals surface area (Å²) in [7, 11) is 0. The number of hydrogen-bond donors (Lipinski definition) is 2. The zero-order chi connectivity index (χ0) is 13.2. The fourth-order valence-electron chi connectivity index (χ4n) is 2.02. The SMILES string of the molecule is CC1(C)CN(c2cc(/C(N)=N/O)ccn2)CCS1. The van der Waals surface area contributed by atoms with Crippen LogP contribution >= 0.6 is 11.8 Å². The molecule has 1 saturated heterocycles. The van der Waals surface area contributed by atoms with Crippen LogP contribution in [0.1, 0.15) is 19.4 Å². The Morgan fingerprint density at radius 3 is 3.06 bits per heavy atom. The number of pyridine rings is 1. The number of thioether (sulfide) groups is 1. The fraction of sp³-hybridized carbons (Fsp3) is 0.500. The average molecular weight is 266 g/mol. The van der Waals surface area contributed by atoms with E-state index in [2.05, 4.69) is 28.9 Å². The van der Waals surface area contributed by atoms with Crippen molar-refractivity contribution in [2.45, 2.75) is 18.6 Å². The highest BCUT2D eigenvalue weighted by atomic mass is 32.2. The molecule has 1 aliphatic heterocycles. The number of oxime groups is 1. The Hall–Kier alpha value is -1.43. The highest BCUT2D eigenvalue weighted by Gasteiger charge is 2.27. The minimum atomic E-state index is 0.115. The van der Waals surface area contributed by atoms with E-state index < -0.39 is 0 Å². The second-order valence-corrected chi connectivity index (χ2v) is 6.72. The number of anilines is 1. The zero-order valence-corrected chi connectivity index (χ0v) is 11.4. The molecule has 0 atom stereocenters. The number of aromatic nitrogens is 1. The molecule has 1 fully saturated rings. The van der Waals surface area contributed by atoms with Crippen molar-refractivity contribution in [3.8, 4) is 0 Å². The van der Waals surface area contributed by atoms with Gasteiger partial charge in [0, 0.05) is 35.3 Å². The van der Waals surface area contributed by atoms with Crippen molar-refractivity contribution in [1.29, 1.82) is 0 Å². The van der Waals surface area contributed by atoms with Gasteiger partial charge in [0.2, 0.25) is 0 Å². The molecule has 0 unspecified atom stereocenters. The second kappa shape index (κ2) is 5.06. The van der Waals surface area contributed by atoms with E-state index in [1.54, 1.807) is 12.3 Å². The Morgan fingerprint density at radius 2 is 2.39 bits per heavy atom. The van der Waals surface area contributed by atoms with E-state index in [1.165, 1.54) is 0 Å². The smallest absolute Gasteiger partial charge is 0.170 e. The molecule has 2 heterocycles. The van der Waals surface area contributed by atoms with Gasteiger partial charge in [-0.05, 0) is 26.0 Å². The van der Waals surface area contributed by atoms with E-state index in [1.807, 2.05) is 17.8 Å². The van der Waals surface area contributed by atoms with Gasteiger partial charge in [-0.3, -0.25) is 0 Å². The van der Waals surface area contributed by atoms with Crippen LogP contribution in [-0.4, -0.2) is 39.6 Å². The molecule has 0 radical (unpaired) electrons. The normalized spacial score (nSPS) is 19.9. The van der Waals surface area contributed by atoms with Crippen LogP contribution in [0.4, 0.5) is 5.82 Å². The van der Waals surface area contributed by atoms with Gasteiger partial charge >= 0.3 is 0 Å². The van der Waals surface area contributed by atoms with Crippen LogP contribution in [-0.2, 0) is 0 Å². The maximum Gasteiger partial charge on any atom is 0.170 e. The molecule has 0 spiro atoms. The molecule has 1 aromatic heterocycles. The van der Waals surface area contributed by atoms with Gasteiger partial charge in [-0.15, -0.1) is 0 Å². The van der Waals surface area contributed by atoms with Crippen LogP contribution in [0.2, 0.25) is 0 Å². The minimum Gasteiger partial charge on any atom is -0.409 e. The quantitative estimate of drug-likeness (QED) is 0.367. The van der Waals surface area contributed by atoms with Crippen LogP contribution in [0, 0.1) is 0 Å². The lowest BCUT2D eigenvalue weighted by Gasteiger charge is -2.38. The molecule has 18 heavy (non-hydrogen) atoms. The monoisotopic (exact) mass is 266 g/mol. The summed E-state index contributed by atoms with van der Waals surface area (Å²) in [5, 5.41) is 11.7. The van der Waals surface area contributed by atoms with Crippen molar-refractivity contribution < 1.29 is 5.21 Å². The summed E-state index contributed by atoms with van der Waals surface area (Å²) in [5.41, 5.74) is 6.29. The molecular formula is C12H18N4OS. The van der Waals surface area contributed by atoms with Crippen molar-refractivity contribution in [3.05, 3.63) is 23.9 Å². The first-order valence-electron chi connectivity index (χ1n) is 5.85.